The molecular weight excluding hydrogens is 262 g/mol. The Morgan fingerprint density at radius 3 is 2.52 bits per heavy atom. The van der Waals surface area contributed by atoms with Gasteiger partial charge in [-0.05, 0) is 42.2 Å². The molecular formula is C18H23NO2. The highest BCUT2D eigenvalue weighted by Crippen LogP contribution is 2.21. The number of amides is 1. The quantitative estimate of drug-likeness (QED) is 0.877. The second-order valence-corrected chi connectivity index (χ2v) is 5.74. The van der Waals surface area contributed by atoms with Gasteiger partial charge in [-0.25, -0.2) is 0 Å². The highest BCUT2D eigenvalue weighted by Gasteiger charge is 2.14. The van der Waals surface area contributed by atoms with Crippen molar-refractivity contribution in [2.75, 3.05) is 6.54 Å². The van der Waals surface area contributed by atoms with Gasteiger partial charge in [-0.15, -0.1) is 0 Å². The van der Waals surface area contributed by atoms with Gasteiger partial charge >= 0.3 is 0 Å². The lowest BCUT2D eigenvalue weighted by atomic mass is 10.1. The molecule has 2 rings (SSSR count). The van der Waals surface area contributed by atoms with E-state index >= 15 is 0 Å². The first-order valence-electron chi connectivity index (χ1n) is 7.49. The summed E-state index contributed by atoms with van der Waals surface area (Å²) in [7, 11) is 0. The molecule has 0 saturated carbocycles. The van der Waals surface area contributed by atoms with Crippen molar-refractivity contribution in [3.05, 3.63) is 42.5 Å². The number of carbonyl (C=O) groups is 1. The summed E-state index contributed by atoms with van der Waals surface area (Å²) in [5.74, 6) is 1.24. The monoisotopic (exact) mass is 285 g/mol. The summed E-state index contributed by atoms with van der Waals surface area (Å²) in [6.07, 6.45) is 0.493. The average Bonchev–Trinajstić information content (AvgIpc) is 2.46. The van der Waals surface area contributed by atoms with Gasteiger partial charge in [-0.3, -0.25) is 4.79 Å². The summed E-state index contributed by atoms with van der Waals surface area (Å²) >= 11 is 0. The maximum atomic E-state index is 12.0. The first kappa shape index (κ1) is 15.4. The first-order valence-corrected chi connectivity index (χ1v) is 7.49. The predicted octanol–water partition coefficient (Wildman–Crippen LogP) is 3.77. The molecule has 0 heterocycles. The zero-order valence-corrected chi connectivity index (χ0v) is 12.9. The molecule has 1 N–H and O–H groups in total. The van der Waals surface area contributed by atoms with Crippen LogP contribution in [0.15, 0.2) is 42.5 Å². The van der Waals surface area contributed by atoms with Crippen molar-refractivity contribution in [2.45, 2.75) is 33.3 Å². The van der Waals surface area contributed by atoms with Crippen LogP contribution in [-0.4, -0.2) is 18.6 Å². The molecule has 1 amide bonds. The van der Waals surface area contributed by atoms with E-state index in [0.717, 1.165) is 17.6 Å². The number of rotatable bonds is 6. The van der Waals surface area contributed by atoms with Gasteiger partial charge in [0.2, 0.25) is 0 Å². The Morgan fingerprint density at radius 1 is 1.10 bits per heavy atom. The fourth-order valence-corrected chi connectivity index (χ4v) is 2.13. The molecule has 112 valence electrons. The van der Waals surface area contributed by atoms with Crippen LogP contribution < -0.4 is 10.1 Å². The van der Waals surface area contributed by atoms with E-state index in [1.807, 2.05) is 36.4 Å². The number of hydrogen-bond acceptors (Lipinski definition) is 2. The summed E-state index contributed by atoms with van der Waals surface area (Å²) in [5, 5.41) is 5.19. The summed E-state index contributed by atoms with van der Waals surface area (Å²) in [6.45, 7) is 6.75. The molecule has 0 aromatic heterocycles. The van der Waals surface area contributed by atoms with Crippen LogP contribution in [0.25, 0.3) is 10.8 Å². The van der Waals surface area contributed by atoms with Gasteiger partial charge < -0.3 is 10.1 Å². The molecule has 0 radical (unpaired) electrons. The minimum Gasteiger partial charge on any atom is -0.481 e. The third-order valence-electron chi connectivity index (χ3n) is 3.42. The largest absolute Gasteiger partial charge is 0.481 e. The van der Waals surface area contributed by atoms with Crippen LogP contribution >= 0.6 is 0 Å². The maximum Gasteiger partial charge on any atom is 0.260 e. The third-order valence-corrected chi connectivity index (χ3v) is 3.42. The Kier molecular flexibility index (Phi) is 5.20. The third kappa shape index (κ3) is 4.48. The van der Waals surface area contributed by atoms with Gasteiger partial charge in [-0.1, -0.05) is 44.2 Å². The van der Waals surface area contributed by atoms with Crippen molar-refractivity contribution >= 4 is 16.7 Å². The number of nitrogens with one attached hydrogen (secondary N) is 1. The number of carbonyl (C=O) groups excluding carboxylic acids is 1. The number of ether oxygens (including phenoxy) is 1. The summed E-state index contributed by atoms with van der Waals surface area (Å²) in [6, 6.07) is 14.0. The van der Waals surface area contributed by atoms with Crippen molar-refractivity contribution in [1.29, 1.82) is 0 Å². The molecule has 3 nitrogen and oxygen atoms in total. The van der Waals surface area contributed by atoms with Crippen molar-refractivity contribution in [3.8, 4) is 5.75 Å². The molecule has 0 aliphatic heterocycles. The van der Waals surface area contributed by atoms with Crippen molar-refractivity contribution in [2.24, 2.45) is 5.92 Å². The van der Waals surface area contributed by atoms with Crippen LogP contribution in [0.5, 0.6) is 5.75 Å². The fourth-order valence-electron chi connectivity index (χ4n) is 2.13. The van der Waals surface area contributed by atoms with Crippen LogP contribution in [0.1, 0.15) is 27.2 Å². The molecule has 0 aliphatic rings. The first-order chi connectivity index (χ1) is 10.1. The summed E-state index contributed by atoms with van der Waals surface area (Å²) in [4.78, 5) is 12.0. The van der Waals surface area contributed by atoms with Crippen LogP contribution in [0.4, 0.5) is 0 Å². The highest BCUT2D eigenvalue weighted by atomic mass is 16.5. The van der Waals surface area contributed by atoms with Crippen LogP contribution in [0.3, 0.4) is 0 Å². The molecule has 0 bridgehead atoms. The zero-order chi connectivity index (χ0) is 15.2. The Morgan fingerprint density at radius 2 is 1.81 bits per heavy atom. The van der Waals surface area contributed by atoms with E-state index in [1.165, 1.54) is 5.39 Å². The maximum absolute atomic E-state index is 12.0. The van der Waals surface area contributed by atoms with Crippen molar-refractivity contribution < 1.29 is 9.53 Å². The molecule has 1 unspecified atom stereocenters. The van der Waals surface area contributed by atoms with Gasteiger partial charge in [0.1, 0.15) is 5.75 Å². The Hall–Kier alpha value is -2.03. The molecule has 1 atom stereocenters. The predicted molar refractivity (Wildman–Crippen MR) is 86.5 cm³/mol. The van der Waals surface area contributed by atoms with Crippen molar-refractivity contribution in [1.82, 2.24) is 5.32 Å². The van der Waals surface area contributed by atoms with Gasteiger partial charge in [0, 0.05) is 6.54 Å². The second kappa shape index (κ2) is 7.11. The average molecular weight is 285 g/mol. The topological polar surface area (TPSA) is 38.3 Å². The van der Waals surface area contributed by atoms with Crippen LogP contribution in [0, 0.1) is 5.92 Å². The van der Waals surface area contributed by atoms with Gasteiger partial charge in [0.05, 0.1) is 0 Å². The number of benzene rings is 2. The zero-order valence-electron chi connectivity index (χ0n) is 12.9. The molecule has 3 heteroatoms. The van der Waals surface area contributed by atoms with E-state index in [2.05, 4.69) is 25.2 Å². The SMILES string of the molecule is CC(C)CCNC(=O)C(C)Oc1ccc2ccccc2c1. The Balaban J connectivity index is 1.94. The number of fused-ring (bicyclic) bond motifs is 1. The normalized spacial score (nSPS) is 12.4. The van der Waals surface area contributed by atoms with Crippen molar-refractivity contribution in [3.63, 3.8) is 0 Å². The molecule has 2 aromatic rings. The van der Waals surface area contributed by atoms with E-state index in [1.54, 1.807) is 6.92 Å². The van der Waals surface area contributed by atoms with Gasteiger partial charge in [-0.2, -0.15) is 0 Å². The van der Waals surface area contributed by atoms with Gasteiger partial charge in [0.15, 0.2) is 6.10 Å². The smallest absolute Gasteiger partial charge is 0.260 e. The second-order valence-electron chi connectivity index (χ2n) is 5.74. The van der Waals surface area contributed by atoms with Crippen LogP contribution in [-0.2, 0) is 4.79 Å². The molecule has 21 heavy (non-hydrogen) atoms. The molecule has 0 aliphatic carbocycles. The van der Waals surface area contributed by atoms with E-state index in [0.29, 0.717) is 12.5 Å². The Labute approximate surface area is 126 Å². The lowest BCUT2D eigenvalue weighted by Crippen LogP contribution is -2.37. The Bertz CT molecular complexity index is 607. The molecule has 0 saturated heterocycles. The molecule has 0 spiro atoms. The fraction of sp³-hybridized carbons (Fsp3) is 0.389. The highest BCUT2D eigenvalue weighted by molar-refractivity contribution is 5.84. The molecule has 0 fully saturated rings. The van der Waals surface area contributed by atoms with Crippen LogP contribution in [0.2, 0.25) is 0 Å². The summed E-state index contributed by atoms with van der Waals surface area (Å²) in [5.41, 5.74) is 0. The summed E-state index contributed by atoms with van der Waals surface area (Å²) < 4.78 is 5.73. The number of hydrogen-bond donors (Lipinski definition) is 1. The minimum atomic E-state index is -0.488. The van der Waals surface area contributed by atoms with Gasteiger partial charge in [0.25, 0.3) is 5.91 Å². The van der Waals surface area contributed by atoms with E-state index in [-0.39, 0.29) is 5.91 Å². The lowest BCUT2D eigenvalue weighted by Gasteiger charge is -2.15. The van der Waals surface area contributed by atoms with E-state index in [9.17, 15) is 4.79 Å². The van der Waals surface area contributed by atoms with E-state index < -0.39 is 6.10 Å². The standard InChI is InChI=1S/C18H23NO2/c1-13(2)10-11-19-18(20)14(3)21-17-9-8-15-6-4-5-7-16(15)12-17/h4-9,12-14H,10-11H2,1-3H3,(H,19,20). The lowest BCUT2D eigenvalue weighted by molar-refractivity contribution is -0.127. The molecule has 2 aromatic carbocycles. The van der Waals surface area contributed by atoms with E-state index in [4.69, 9.17) is 4.74 Å². The minimum absolute atomic E-state index is 0.0659.